The summed E-state index contributed by atoms with van der Waals surface area (Å²) in [7, 11) is 1.68. The van der Waals surface area contributed by atoms with E-state index >= 15 is 0 Å². The number of terminal acetylenes is 1. The van der Waals surface area contributed by atoms with Gasteiger partial charge in [-0.2, -0.15) is 10.4 Å². The first kappa shape index (κ1) is 6.38. The highest BCUT2D eigenvalue weighted by molar-refractivity contribution is 5.41. The standard InChI is InChI=1S/C7H5N3/c1-3-6-5-9-10(2)7(6)4-8/h1,5H,2H3. The summed E-state index contributed by atoms with van der Waals surface area (Å²) in [5, 5.41) is 12.3. The Morgan fingerprint density at radius 3 is 2.90 bits per heavy atom. The predicted octanol–water partition coefficient (Wildman–Crippen LogP) is 0.273. The summed E-state index contributed by atoms with van der Waals surface area (Å²) >= 11 is 0. The van der Waals surface area contributed by atoms with Crippen molar-refractivity contribution in [2.24, 2.45) is 7.05 Å². The summed E-state index contributed by atoms with van der Waals surface area (Å²) in [6.45, 7) is 0. The molecule has 3 nitrogen and oxygen atoms in total. The molecule has 0 unspecified atom stereocenters. The average molecular weight is 131 g/mol. The fraction of sp³-hybridized carbons (Fsp3) is 0.143. The van der Waals surface area contributed by atoms with Gasteiger partial charge in [0.05, 0.1) is 11.8 Å². The van der Waals surface area contributed by atoms with E-state index in [1.807, 2.05) is 6.07 Å². The van der Waals surface area contributed by atoms with Gasteiger partial charge in [-0.05, 0) is 0 Å². The molecule has 0 aliphatic carbocycles. The van der Waals surface area contributed by atoms with Crippen molar-refractivity contribution in [3.05, 3.63) is 17.5 Å². The van der Waals surface area contributed by atoms with Gasteiger partial charge in [0.15, 0.2) is 5.69 Å². The van der Waals surface area contributed by atoms with Gasteiger partial charge in [0.25, 0.3) is 0 Å². The number of nitriles is 1. The second-order valence-corrected chi connectivity index (χ2v) is 1.79. The molecule has 0 atom stereocenters. The van der Waals surface area contributed by atoms with Gasteiger partial charge in [0.2, 0.25) is 0 Å². The van der Waals surface area contributed by atoms with Crippen LogP contribution < -0.4 is 0 Å². The predicted molar refractivity (Wildman–Crippen MR) is 35.9 cm³/mol. The summed E-state index contributed by atoms with van der Waals surface area (Å²) in [5.41, 5.74) is 0.979. The molecule has 1 aromatic rings. The van der Waals surface area contributed by atoms with E-state index in [0.717, 1.165) is 0 Å². The first-order chi connectivity index (χ1) is 4.79. The summed E-state index contributed by atoms with van der Waals surface area (Å²) < 4.78 is 1.45. The third-order valence-corrected chi connectivity index (χ3v) is 1.20. The quantitative estimate of drug-likeness (QED) is 0.474. The Balaban J connectivity index is 3.34. The summed E-state index contributed by atoms with van der Waals surface area (Å²) in [6.07, 6.45) is 6.58. The zero-order valence-electron chi connectivity index (χ0n) is 5.50. The number of rotatable bonds is 0. The molecule has 0 spiro atoms. The molecule has 0 aromatic carbocycles. The molecule has 3 heteroatoms. The number of aryl methyl sites for hydroxylation is 1. The van der Waals surface area contributed by atoms with Gasteiger partial charge in [-0.3, -0.25) is 4.68 Å². The van der Waals surface area contributed by atoms with E-state index in [1.54, 1.807) is 7.05 Å². The van der Waals surface area contributed by atoms with E-state index < -0.39 is 0 Å². The molecule has 0 saturated carbocycles. The van der Waals surface area contributed by atoms with Crippen LogP contribution in [0.15, 0.2) is 6.20 Å². The maximum Gasteiger partial charge on any atom is 0.153 e. The lowest BCUT2D eigenvalue weighted by molar-refractivity contribution is 0.756. The maximum atomic E-state index is 8.51. The third kappa shape index (κ3) is 0.744. The molecule has 0 fully saturated rings. The Bertz CT molecular complexity index is 322. The minimum atomic E-state index is 0.433. The van der Waals surface area contributed by atoms with Gasteiger partial charge in [0.1, 0.15) is 6.07 Å². The molecular weight excluding hydrogens is 126 g/mol. The van der Waals surface area contributed by atoms with E-state index in [2.05, 4.69) is 11.0 Å². The highest BCUT2D eigenvalue weighted by atomic mass is 15.3. The monoisotopic (exact) mass is 131 g/mol. The fourth-order valence-electron chi connectivity index (χ4n) is 0.676. The molecule has 0 aliphatic heterocycles. The van der Waals surface area contributed by atoms with Crippen molar-refractivity contribution < 1.29 is 0 Å². The summed E-state index contributed by atoms with van der Waals surface area (Å²) in [6, 6.07) is 1.95. The first-order valence-corrected chi connectivity index (χ1v) is 2.68. The van der Waals surface area contributed by atoms with Crippen molar-refractivity contribution >= 4 is 0 Å². The van der Waals surface area contributed by atoms with E-state index in [9.17, 15) is 0 Å². The molecule has 0 N–H and O–H groups in total. The van der Waals surface area contributed by atoms with Gasteiger partial charge in [-0.25, -0.2) is 0 Å². The van der Waals surface area contributed by atoms with Gasteiger partial charge in [-0.15, -0.1) is 6.42 Å². The largest absolute Gasteiger partial charge is 0.257 e. The molecule has 1 rings (SSSR count). The highest BCUT2D eigenvalue weighted by Gasteiger charge is 2.02. The Morgan fingerprint density at radius 1 is 1.80 bits per heavy atom. The van der Waals surface area contributed by atoms with Crippen LogP contribution in [0.5, 0.6) is 0 Å². The van der Waals surface area contributed by atoms with Crippen LogP contribution in [0.3, 0.4) is 0 Å². The second kappa shape index (κ2) is 2.24. The van der Waals surface area contributed by atoms with Gasteiger partial charge in [-0.1, -0.05) is 5.92 Å². The van der Waals surface area contributed by atoms with Crippen LogP contribution in [0.4, 0.5) is 0 Å². The first-order valence-electron chi connectivity index (χ1n) is 2.68. The molecule has 0 bridgehead atoms. The van der Waals surface area contributed by atoms with Crippen LogP contribution in [0, 0.1) is 23.7 Å². The Morgan fingerprint density at radius 2 is 2.50 bits per heavy atom. The number of hydrogen-bond acceptors (Lipinski definition) is 2. The highest BCUT2D eigenvalue weighted by Crippen LogP contribution is 2.02. The zero-order chi connectivity index (χ0) is 7.56. The van der Waals surface area contributed by atoms with Crippen molar-refractivity contribution in [2.45, 2.75) is 0 Å². The lowest BCUT2D eigenvalue weighted by Gasteiger charge is -1.87. The topological polar surface area (TPSA) is 41.6 Å². The average Bonchev–Trinajstić information content (AvgIpc) is 2.30. The zero-order valence-corrected chi connectivity index (χ0v) is 5.50. The molecular formula is C7H5N3. The third-order valence-electron chi connectivity index (χ3n) is 1.20. The maximum absolute atomic E-state index is 8.51. The van der Waals surface area contributed by atoms with Crippen molar-refractivity contribution in [3.8, 4) is 18.4 Å². The smallest absolute Gasteiger partial charge is 0.153 e. The summed E-state index contributed by atoms with van der Waals surface area (Å²) in [4.78, 5) is 0. The van der Waals surface area contributed by atoms with Gasteiger partial charge < -0.3 is 0 Å². The Kier molecular flexibility index (Phi) is 1.43. The lowest BCUT2D eigenvalue weighted by Crippen LogP contribution is -1.93. The molecule has 0 amide bonds. The van der Waals surface area contributed by atoms with Crippen molar-refractivity contribution in [1.29, 1.82) is 5.26 Å². The van der Waals surface area contributed by atoms with Crippen molar-refractivity contribution in [2.75, 3.05) is 0 Å². The Labute approximate surface area is 58.9 Å². The van der Waals surface area contributed by atoms with E-state index in [4.69, 9.17) is 11.7 Å². The number of aromatic nitrogens is 2. The fourth-order valence-corrected chi connectivity index (χ4v) is 0.676. The SMILES string of the molecule is C#Cc1cnn(C)c1C#N. The van der Waals surface area contributed by atoms with Crippen LogP contribution in [0.2, 0.25) is 0 Å². The van der Waals surface area contributed by atoms with E-state index in [0.29, 0.717) is 11.3 Å². The van der Waals surface area contributed by atoms with Crippen molar-refractivity contribution in [1.82, 2.24) is 9.78 Å². The second-order valence-electron chi connectivity index (χ2n) is 1.79. The van der Waals surface area contributed by atoms with Crippen molar-refractivity contribution in [3.63, 3.8) is 0 Å². The lowest BCUT2D eigenvalue weighted by atomic mass is 10.3. The minimum absolute atomic E-state index is 0.433. The molecule has 48 valence electrons. The summed E-state index contributed by atoms with van der Waals surface area (Å²) in [5.74, 6) is 2.36. The molecule has 1 heterocycles. The van der Waals surface area contributed by atoms with Crippen LogP contribution in [0.1, 0.15) is 11.3 Å². The van der Waals surface area contributed by atoms with E-state index in [-0.39, 0.29) is 0 Å². The minimum Gasteiger partial charge on any atom is -0.257 e. The molecule has 0 radical (unpaired) electrons. The Hall–Kier alpha value is -1.74. The van der Waals surface area contributed by atoms with Crippen LogP contribution in [0.25, 0.3) is 0 Å². The van der Waals surface area contributed by atoms with Gasteiger partial charge in [0, 0.05) is 7.05 Å². The van der Waals surface area contributed by atoms with Crippen LogP contribution in [-0.4, -0.2) is 9.78 Å². The molecule has 0 saturated heterocycles. The molecule has 0 aliphatic rings. The number of hydrogen-bond donors (Lipinski definition) is 0. The van der Waals surface area contributed by atoms with Crippen LogP contribution >= 0.6 is 0 Å². The number of nitrogens with zero attached hydrogens (tertiary/aromatic N) is 3. The van der Waals surface area contributed by atoms with E-state index in [1.165, 1.54) is 10.9 Å². The molecule has 1 aromatic heterocycles. The van der Waals surface area contributed by atoms with Crippen LogP contribution in [-0.2, 0) is 7.05 Å². The van der Waals surface area contributed by atoms with Gasteiger partial charge >= 0.3 is 0 Å². The normalized spacial score (nSPS) is 8.30. The molecule has 10 heavy (non-hydrogen) atoms.